The van der Waals surface area contributed by atoms with E-state index in [1.165, 1.54) is 86.9 Å². The highest BCUT2D eigenvalue weighted by Gasteiger charge is 2.35. The molecule has 2 heteroatoms. The Morgan fingerprint density at radius 3 is 1.73 bits per heavy atom. The molecule has 1 aromatic heterocycles. The van der Waals surface area contributed by atoms with E-state index in [1.54, 1.807) is 0 Å². The van der Waals surface area contributed by atoms with Crippen molar-refractivity contribution in [2.45, 2.75) is 19.3 Å². The van der Waals surface area contributed by atoms with Crippen LogP contribution in [0, 0.1) is 0 Å². The third-order valence-corrected chi connectivity index (χ3v) is 13.4. The fourth-order valence-electron chi connectivity index (χ4n) is 9.50. The van der Waals surface area contributed by atoms with Gasteiger partial charge in [-0.25, -0.2) is 0 Å². The zero-order chi connectivity index (χ0) is 39.5. The van der Waals surface area contributed by atoms with Gasteiger partial charge < -0.3 is 4.90 Å². The van der Waals surface area contributed by atoms with E-state index in [-0.39, 0.29) is 5.41 Å². The third-order valence-electron chi connectivity index (χ3n) is 12.3. The minimum absolute atomic E-state index is 0.0609. The van der Waals surface area contributed by atoms with Crippen molar-refractivity contribution < 1.29 is 0 Å². The maximum absolute atomic E-state index is 2.52. The predicted molar refractivity (Wildman–Crippen MR) is 253 cm³/mol. The van der Waals surface area contributed by atoms with Crippen LogP contribution in [0.3, 0.4) is 0 Å². The van der Waals surface area contributed by atoms with E-state index in [0.29, 0.717) is 0 Å². The summed E-state index contributed by atoms with van der Waals surface area (Å²) in [4.78, 5) is 2.52. The highest BCUT2D eigenvalue weighted by Crippen LogP contribution is 2.53. The molecule has 1 aliphatic rings. The molecule has 0 saturated heterocycles. The summed E-state index contributed by atoms with van der Waals surface area (Å²) in [5.41, 5.74) is 18.2. The van der Waals surface area contributed by atoms with Crippen molar-refractivity contribution >= 4 is 48.6 Å². The zero-order valence-electron chi connectivity index (χ0n) is 33.1. The van der Waals surface area contributed by atoms with Crippen LogP contribution in [0.15, 0.2) is 212 Å². The quantitative estimate of drug-likeness (QED) is 0.156. The van der Waals surface area contributed by atoms with Gasteiger partial charge in [0.15, 0.2) is 0 Å². The Bertz CT molecular complexity index is 3190. The molecule has 1 nitrogen and oxygen atoms in total. The molecular weight excluding hydrogens is 731 g/mol. The second kappa shape index (κ2) is 14.1. The minimum Gasteiger partial charge on any atom is -0.309 e. The Balaban J connectivity index is 1.21. The second-order valence-corrected chi connectivity index (χ2v) is 17.1. The molecule has 9 aromatic carbocycles. The van der Waals surface area contributed by atoms with Gasteiger partial charge in [0.05, 0.1) is 11.4 Å². The lowest BCUT2D eigenvalue weighted by Gasteiger charge is -2.31. The van der Waals surface area contributed by atoms with Gasteiger partial charge in [0.2, 0.25) is 0 Å². The van der Waals surface area contributed by atoms with E-state index in [0.717, 1.165) is 17.1 Å². The summed E-state index contributed by atoms with van der Waals surface area (Å²) >= 11 is 1.86. The van der Waals surface area contributed by atoms with Gasteiger partial charge in [-0.15, -0.1) is 11.3 Å². The molecule has 0 saturated carbocycles. The van der Waals surface area contributed by atoms with Crippen molar-refractivity contribution in [3.8, 4) is 55.6 Å². The van der Waals surface area contributed by atoms with Crippen LogP contribution in [-0.2, 0) is 5.41 Å². The number of benzene rings is 9. The predicted octanol–water partition coefficient (Wildman–Crippen LogP) is 16.5. The smallest absolute Gasteiger partial charge is 0.0546 e. The van der Waals surface area contributed by atoms with Crippen LogP contribution in [0.4, 0.5) is 17.1 Å². The average molecular weight is 772 g/mol. The van der Waals surface area contributed by atoms with Crippen molar-refractivity contribution in [2.24, 2.45) is 0 Å². The van der Waals surface area contributed by atoms with Crippen molar-refractivity contribution in [3.05, 3.63) is 223 Å². The molecule has 0 atom stereocenters. The van der Waals surface area contributed by atoms with Crippen molar-refractivity contribution in [1.29, 1.82) is 0 Å². The molecule has 0 spiro atoms. The first-order chi connectivity index (χ1) is 29.0. The highest BCUT2D eigenvalue weighted by molar-refractivity contribution is 7.25. The standard InChI is InChI=1S/C57H41NS/c1-57(2)50-28-14-11-24-45(50)49-36-40(32-35-51(49)57)43-23-12-15-29-52(43)58(41-33-34-47-46-25-13-16-31-54(46)59-55(47)37-41)53-30-17-27-44(39-20-7-4-8-21-39)56(53)48-26-10-9-22-42(48)38-18-5-3-6-19-38/h3-37H,1-2H3. The number of anilines is 3. The van der Waals surface area contributed by atoms with Gasteiger partial charge in [-0.1, -0.05) is 190 Å². The average Bonchev–Trinajstić information content (AvgIpc) is 3.78. The summed E-state index contributed by atoms with van der Waals surface area (Å²) < 4.78 is 2.57. The lowest BCUT2D eigenvalue weighted by atomic mass is 9.82. The van der Waals surface area contributed by atoms with Gasteiger partial charge in [-0.2, -0.15) is 0 Å². The molecule has 59 heavy (non-hydrogen) atoms. The van der Waals surface area contributed by atoms with Crippen LogP contribution in [0.5, 0.6) is 0 Å². The van der Waals surface area contributed by atoms with Crippen LogP contribution >= 0.6 is 11.3 Å². The topological polar surface area (TPSA) is 3.24 Å². The number of hydrogen-bond donors (Lipinski definition) is 0. The largest absolute Gasteiger partial charge is 0.309 e. The van der Waals surface area contributed by atoms with E-state index in [2.05, 4.69) is 231 Å². The lowest BCUT2D eigenvalue weighted by molar-refractivity contribution is 0.660. The first-order valence-corrected chi connectivity index (χ1v) is 21.2. The van der Waals surface area contributed by atoms with Crippen molar-refractivity contribution in [3.63, 3.8) is 0 Å². The molecule has 0 bridgehead atoms. The third kappa shape index (κ3) is 5.82. The van der Waals surface area contributed by atoms with Crippen molar-refractivity contribution in [2.75, 3.05) is 4.90 Å². The molecule has 1 aliphatic carbocycles. The second-order valence-electron chi connectivity index (χ2n) is 16.0. The molecule has 0 N–H and O–H groups in total. The Morgan fingerprint density at radius 1 is 0.356 bits per heavy atom. The maximum atomic E-state index is 2.52. The van der Waals surface area contributed by atoms with Crippen LogP contribution in [0.2, 0.25) is 0 Å². The van der Waals surface area contributed by atoms with E-state index in [4.69, 9.17) is 0 Å². The number of rotatable bonds is 7. The molecule has 0 unspecified atom stereocenters. The number of hydrogen-bond acceptors (Lipinski definition) is 2. The minimum atomic E-state index is -0.0609. The molecule has 1 heterocycles. The number of nitrogens with zero attached hydrogens (tertiary/aromatic N) is 1. The summed E-state index contributed by atoms with van der Waals surface area (Å²) in [5.74, 6) is 0. The monoisotopic (exact) mass is 771 g/mol. The van der Waals surface area contributed by atoms with Crippen molar-refractivity contribution in [1.82, 2.24) is 0 Å². The Kier molecular flexibility index (Phi) is 8.43. The molecule has 11 rings (SSSR count). The van der Waals surface area contributed by atoms with E-state index in [1.807, 2.05) is 11.3 Å². The lowest BCUT2D eigenvalue weighted by Crippen LogP contribution is -2.15. The fraction of sp³-hybridized carbons (Fsp3) is 0.0526. The summed E-state index contributed by atoms with van der Waals surface area (Å²) in [6.45, 7) is 4.71. The first-order valence-electron chi connectivity index (χ1n) is 20.4. The van der Waals surface area contributed by atoms with E-state index < -0.39 is 0 Å². The molecule has 10 aromatic rings. The highest BCUT2D eigenvalue weighted by atomic mass is 32.1. The first kappa shape index (κ1) is 35.2. The van der Waals surface area contributed by atoms with Crippen LogP contribution in [0.1, 0.15) is 25.0 Å². The summed E-state index contributed by atoms with van der Waals surface area (Å²) in [5, 5.41) is 2.59. The van der Waals surface area contributed by atoms with Crippen LogP contribution in [0.25, 0.3) is 75.8 Å². The van der Waals surface area contributed by atoms with Gasteiger partial charge in [0, 0.05) is 42.4 Å². The molecule has 0 amide bonds. The van der Waals surface area contributed by atoms with Crippen LogP contribution < -0.4 is 4.90 Å². The number of thiophene rings is 1. The zero-order valence-corrected chi connectivity index (χ0v) is 33.9. The van der Waals surface area contributed by atoms with Crippen LogP contribution in [-0.4, -0.2) is 0 Å². The number of para-hydroxylation sites is 1. The van der Waals surface area contributed by atoms with E-state index >= 15 is 0 Å². The molecule has 280 valence electrons. The molecule has 0 fully saturated rings. The number of fused-ring (bicyclic) bond motifs is 6. The fourth-order valence-corrected chi connectivity index (χ4v) is 10.6. The van der Waals surface area contributed by atoms with E-state index in [9.17, 15) is 0 Å². The Hall–Kier alpha value is -7.00. The molecular formula is C57H41NS. The van der Waals surface area contributed by atoms with Gasteiger partial charge in [-0.05, 0) is 92.0 Å². The maximum Gasteiger partial charge on any atom is 0.0546 e. The van der Waals surface area contributed by atoms with Gasteiger partial charge in [0.1, 0.15) is 0 Å². The normalized spacial score (nSPS) is 12.7. The SMILES string of the molecule is CC1(C)c2ccccc2-c2cc(-c3ccccc3N(c3ccc4c(c3)sc3ccccc34)c3cccc(-c4ccccc4)c3-c3ccccc3-c3ccccc3)ccc21. The van der Waals surface area contributed by atoms with Gasteiger partial charge in [-0.3, -0.25) is 0 Å². The van der Waals surface area contributed by atoms with Gasteiger partial charge >= 0.3 is 0 Å². The Morgan fingerprint density at radius 2 is 0.932 bits per heavy atom. The Labute approximate surface area is 350 Å². The summed E-state index contributed by atoms with van der Waals surface area (Å²) in [6, 6.07) is 78.3. The summed E-state index contributed by atoms with van der Waals surface area (Å²) in [7, 11) is 0. The molecule has 0 radical (unpaired) electrons. The molecule has 0 aliphatic heterocycles. The van der Waals surface area contributed by atoms with Gasteiger partial charge in [0.25, 0.3) is 0 Å². The summed E-state index contributed by atoms with van der Waals surface area (Å²) in [6.07, 6.45) is 0.